The van der Waals surface area contributed by atoms with Gasteiger partial charge in [-0.1, -0.05) is 54.1 Å². The van der Waals surface area contributed by atoms with E-state index in [4.69, 9.17) is 17.3 Å². The lowest BCUT2D eigenvalue weighted by Crippen LogP contribution is -2.32. The Morgan fingerprint density at radius 3 is 2.55 bits per heavy atom. The lowest BCUT2D eigenvalue weighted by Gasteiger charge is -2.25. The molecule has 0 radical (unpaired) electrons. The number of aromatic nitrogens is 2. The van der Waals surface area contributed by atoms with E-state index in [0.29, 0.717) is 23.7 Å². The van der Waals surface area contributed by atoms with Gasteiger partial charge in [0.05, 0.1) is 17.5 Å². The van der Waals surface area contributed by atoms with Gasteiger partial charge in [-0.2, -0.15) is 4.31 Å². The Kier molecular flexibility index (Phi) is 5.54. The number of anilines is 1. The van der Waals surface area contributed by atoms with Crippen molar-refractivity contribution >= 4 is 27.6 Å². The molecule has 1 unspecified atom stereocenters. The molecule has 1 aliphatic rings. The Labute approximate surface area is 175 Å². The summed E-state index contributed by atoms with van der Waals surface area (Å²) in [6.45, 7) is 0.462. The van der Waals surface area contributed by atoms with Gasteiger partial charge >= 0.3 is 0 Å². The zero-order valence-corrected chi connectivity index (χ0v) is 17.3. The van der Waals surface area contributed by atoms with E-state index in [-0.39, 0.29) is 17.7 Å². The molecule has 0 aliphatic carbocycles. The number of halogens is 1. The summed E-state index contributed by atoms with van der Waals surface area (Å²) in [4.78, 5) is 8.58. The van der Waals surface area contributed by atoms with Gasteiger partial charge < -0.3 is 5.73 Å². The number of nitrogens with zero attached hydrogens (tertiary/aromatic N) is 3. The van der Waals surface area contributed by atoms with Crippen LogP contribution in [0.15, 0.2) is 60.8 Å². The fraction of sp³-hybridized carbons (Fsp3) is 0.238. The summed E-state index contributed by atoms with van der Waals surface area (Å²) in [6.07, 6.45) is 3.11. The third-order valence-corrected chi connectivity index (χ3v) is 7.16. The van der Waals surface area contributed by atoms with Gasteiger partial charge in [-0.05, 0) is 36.1 Å². The molecule has 8 heteroatoms. The highest BCUT2D eigenvalue weighted by Gasteiger charge is 2.37. The first kappa shape index (κ1) is 19.8. The number of benzene rings is 2. The Balaban J connectivity index is 1.72. The molecule has 2 N–H and O–H groups in total. The van der Waals surface area contributed by atoms with Gasteiger partial charge in [0.25, 0.3) is 0 Å². The highest BCUT2D eigenvalue weighted by Crippen LogP contribution is 2.39. The molecule has 4 rings (SSSR count). The molecule has 0 amide bonds. The predicted octanol–water partition coefficient (Wildman–Crippen LogP) is 4.05. The summed E-state index contributed by atoms with van der Waals surface area (Å²) in [5.41, 5.74) is 8.90. The number of nitrogen functional groups attached to an aromatic ring is 1. The van der Waals surface area contributed by atoms with Crippen molar-refractivity contribution in [3.05, 3.63) is 77.1 Å². The molecule has 3 aromatic rings. The van der Waals surface area contributed by atoms with Crippen LogP contribution in [0.1, 0.15) is 30.1 Å². The predicted molar refractivity (Wildman–Crippen MR) is 115 cm³/mol. The van der Waals surface area contributed by atoms with Crippen LogP contribution in [-0.4, -0.2) is 29.2 Å². The molecule has 29 heavy (non-hydrogen) atoms. The topological polar surface area (TPSA) is 89.2 Å². The summed E-state index contributed by atoms with van der Waals surface area (Å²) in [5.74, 6) is 0.0892. The van der Waals surface area contributed by atoms with Gasteiger partial charge in [0, 0.05) is 23.3 Å². The Morgan fingerprint density at radius 2 is 1.83 bits per heavy atom. The third kappa shape index (κ3) is 4.27. The van der Waals surface area contributed by atoms with Crippen molar-refractivity contribution in [3.8, 4) is 11.1 Å². The minimum Gasteiger partial charge on any atom is -0.368 e. The first-order valence-corrected chi connectivity index (χ1v) is 11.3. The lowest BCUT2D eigenvalue weighted by molar-refractivity contribution is 0.390. The molecule has 1 aromatic heterocycles. The second-order valence-electron chi connectivity index (χ2n) is 7.04. The first-order chi connectivity index (χ1) is 13.9. The summed E-state index contributed by atoms with van der Waals surface area (Å²) in [5, 5.41) is 0.625. The second-order valence-corrected chi connectivity index (χ2v) is 9.40. The molecule has 1 aliphatic heterocycles. The molecule has 2 aromatic carbocycles. The minimum atomic E-state index is -3.52. The fourth-order valence-electron chi connectivity index (χ4n) is 3.73. The normalized spacial score (nSPS) is 17.5. The maximum atomic E-state index is 13.2. The standard InChI is InChI=1S/C21H21ClN4O2S/c22-17-10-8-16(9-11-17)18-13-24-21(23)25-20(18)19-7-4-12-26(19)29(27,28)14-15-5-2-1-3-6-15/h1-3,5-6,8-11,13,19H,4,7,12,14H2,(H2,23,24,25). The van der Waals surface area contributed by atoms with E-state index in [1.165, 1.54) is 0 Å². The highest BCUT2D eigenvalue weighted by molar-refractivity contribution is 7.88. The van der Waals surface area contributed by atoms with Gasteiger partial charge in [-0.3, -0.25) is 0 Å². The minimum absolute atomic E-state index is 0.0405. The van der Waals surface area contributed by atoms with Crippen molar-refractivity contribution in [1.29, 1.82) is 0 Å². The highest BCUT2D eigenvalue weighted by atomic mass is 35.5. The smallest absolute Gasteiger partial charge is 0.220 e. The monoisotopic (exact) mass is 428 g/mol. The summed E-state index contributed by atoms with van der Waals surface area (Å²) in [7, 11) is -3.52. The van der Waals surface area contributed by atoms with Gasteiger partial charge in [0.15, 0.2) is 0 Å². The average Bonchev–Trinajstić information content (AvgIpc) is 3.20. The van der Waals surface area contributed by atoms with Crippen LogP contribution in [0.3, 0.4) is 0 Å². The molecular weight excluding hydrogens is 408 g/mol. The first-order valence-electron chi connectivity index (χ1n) is 9.36. The zero-order chi connectivity index (χ0) is 20.4. The fourth-order valence-corrected chi connectivity index (χ4v) is 5.64. The van der Waals surface area contributed by atoms with Crippen LogP contribution in [0.4, 0.5) is 5.95 Å². The Hall–Kier alpha value is -2.48. The van der Waals surface area contributed by atoms with Crippen LogP contribution in [0.5, 0.6) is 0 Å². The molecule has 150 valence electrons. The van der Waals surface area contributed by atoms with Crippen LogP contribution in [0, 0.1) is 0 Å². The number of hydrogen-bond donors (Lipinski definition) is 1. The van der Waals surface area contributed by atoms with Crippen molar-refractivity contribution in [2.24, 2.45) is 0 Å². The van der Waals surface area contributed by atoms with E-state index in [2.05, 4.69) is 9.97 Å². The Morgan fingerprint density at radius 1 is 1.10 bits per heavy atom. The Bertz CT molecular complexity index is 1110. The molecule has 2 heterocycles. The van der Waals surface area contributed by atoms with Gasteiger partial charge in [-0.15, -0.1) is 0 Å². The van der Waals surface area contributed by atoms with Crippen LogP contribution in [-0.2, 0) is 15.8 Å². The van der Waals surface area contributed by atoms with E-state index in [1.54, 1.807) is 22.6 Å². The SMILES string of the molecule is Nc1ncc(-c2ccc(Cl)cc2)c(C2CCCN2S(=O)(=O)Cc2ccccc2)n1. The summed E-state index contributed by atoms with van der Waals surface area (Å²) in [6, 6.07) is 16.2. The molecule has 0 bridgehead atoms. The van der Waals surface area contributed by atoms with Gasteiger partial charge in [0.1, 0.15) is 0 Å². The van der Waals surface area contributed by atoms with Crippen molar-refractivity contribution < 1.29 is 8.42 Å². The lowest BCUT2D eigenvalue weighted by atomic mass is 10.0. The zero-order valence-electron chi connectivity index (χ0n) is 15.7. The maximum Gasteiger partial charge on any atom is 0.220 e. The number of sulfonamides is 1. The van der Waals surface area contributed by atoms with E-state index in [0.717, 1.165) is 23.1 Å². The molecular formula is C21H21ClN4O2S. The number of nitrogens with two attached hydrogens (primary N) is 1. The third-order valence-electron chi connectivity index (χ3n) is 5.06. The molecule has 1 atom stereocenters. The molecule has 6 nitrogen and oxygen atoms in total. The number of hydrogen-bond acceptors (Lipinski definition) is 5. The van der Waals surface area contributed by atoms with Crippen molar-refractivity contribution in [1.82, 2.24) is 14.3 Å². The average molecular weight is 429 g/mol. The summed E-state index contributed by atoms with van der Waals surface area (Å²) >= 11 is 6.01. The quantitative estimate of drug-likeness (QED) is 0.662. The van der Waals surface area contributed by atoms with Crippen LogP contribution >= 0.6 is 11.6 Å². The largest absolute Gasteiger partial charge is 0.368 e. The second kappa shape index (κ2) is 8.10. The van der Waals surface area contributed by atoms with E-state index in [9.17, 15) is 8.42 Å². The van der Waals surface area contributed by atoms with E-state index in [1.807, 2.05) is 42.5 Å². The molecule has 0 spiro atoms. The number of rotatable bonds is 5. The van der Waals surface area contributed by atoms with Crippen LogP contribution < -0.4 is 5.73 Å². The van der Waals surface area contributed by atoms with Crippen molar-refractivity contribution in [3.63, 3.8) is 0 Å². The molecule has 1 fully saturated rings. The van der Waals surface area contributed by atoms with Crippen LogP contribution in [0.2, 0.25) is 5.02 Å². The van der Waals surface area contributed by atoms with E-state index >= 15 is 0 Å². The van der Waals surface area contributed by atoms with Gasteiger partial charge in [0.2, 0.25) is 16.0 Å². The maximum absolute atomic E-state index is 13.2. The van der Waals surface area contributed by atoms with E-state index < -0.39 is 10.0 Å². The van der Waals surface area contributed by atoms with Crippen molar-refractivity contribution in [2.45, 2.75) is 24.6 Å². The summed E-state index contributed by atoms with van der Waals surface area (Å²) < 4.78 is 28.0. The molecule has 0 saturated carbocycles. The van der Waals surface area contributed by atoms with Gasteiger partial charge in [-0.25, -0.2) is 18.4 Å². The molecule has 1 saturated heterocycles. The van der Waals surface area contributed by atoms with Crippen LogP contribution in [0.25, 0.3) is 11.1 Å². The van der Waals surface area contributed by atoms with Crippen molar-refractivity contribution in [2.75, 3.05) is 12.3 Å².